The number of imide groups is 1. The third kappa shape index (κ3) is 4.35. The molecule has 2 atom stereocenters. The number of hydrogen-bond donors (Lipinski definition) is 2. The Morgan fingerprint density at radius 1 is 1.10 bits per heavy atom. The van der Waals surface area contributed by atoms with Crippen molar-refractivity contribution in [3.63, 3.8) is 0 Å². The topological polar surface area (TPSA) is 89.1 Å². The molecule has 0 radical (unpaired) electrons. The Bertz CT molecular complexity index is 1410. The Kier molecular flexibility index (Phi) is 6.53. The molecule has 39 heavy (non-hydrogen) atoms. The van der Waals surface area contributed by atoms with Crippen LogP contribution in [0.4, 0.5) is 4.79 Å². The predicted octanol–water partition coefficient (Wildman–Crippen LogP) is 5.06. The summed E-state index contributed by atoms with van der Waals surface area (Å²) in [6.45, 7) is 10.2. The molecule has 1 aromatic heterocycles. The van der Waals surface area contributed by atoms with Gasteiger partial charge in [0, 0.05) is 29.6 Å². The third-order valence-electron chi connectivity index (χ3n) is 8.87. The number of aromatic hydroxyl groups is 1. The maximum absolute atomic E-state index is 14.0. The second-order valence-corrected chi connectivity index (χ2v) is 11.6. The second kappa shape index (κ2) is 9.90. The van der Waals surface area contributed by atoms with Crippen molar-refractivity contribution < 1.29 is 19.4 Å². The number of likely N-dealkylation sites (tertiary alicyclic amines) is 1. The number of H-pyrrole nitrogens is 1. The van der Waals surface area contributed by atoms with Crippen LogP contribution in [-0.2, 0) is 11.2 Å². The third-order valence-corrected chi connectivity index (χ3v) is 8.87. The summed E-state index contributed by atoms with van der Waals surface area (Å²) in [5.41, 5.74) is 2.57. The van der Waals surface area contributed by atoms with Gasteiger partial charge in [-0.1, -0.05) is 19.1 Å². The molecule has 2 fully saturated rings. The molecule has 3 aliphatic rings. The van der Waals surface area contributed by atoms with Crippen LogP contribution >= 0.6 is 0 Å². The maximum atomic E-state index is 14.0. The number of urea groups is 1. The summed E-state index contributed by atoms with van der Waals surface area (Å²) < 4.78 is 5.78. The summed E-state index contributed by atoms with van der Waals surface area (Å²) >= 11 is 0. The highest BCUT2D eigenvalue weighted by Crippen LogP contribution is 2.49. The van der Waals surface area contributed by atoms with Gasteiger partial charge in [0.2, 0.25) is 0 Å². The molecule has 6 rings (SSSR count). The summed E-state index contributed by atoms with van der Waals surface area (Å²) in [6.07, 6.45) is 3.59. The molecule has 4 heterocycles. The summed E-state index contributed by atoms with van der Waals surface area (Å²) in [5.74, 6) is 1.52. The number of piperidine rings is 1. The van der Waals surface area contributed by atoms with E-state index in [9.17, 15) is 14.7 Å². The maximum Gasteiger partial charge on any atom is 0.328 e. The minimum atomic E-state index is -1.03. The summed E-state index contributed by atoms with van der Waals surface area (Å²) in [7, 11) is 0. The minimum Gasteiger partial charge on any atom is -0.508 e. The van der Waals surface area contributed by atoms with Crippen LogP contribution in [0.15, 0.2) is 42.5 Å². The van der Waals surface area contributed by atoms with Crippen molar-refractivity contribution in [2.45, 2.75) is 58.0 Å². The van der Waals surface area contributed by atoms with Gasteiger partial charge in [-0.05, 0) is 100 Å². The highest BCUT2D eigenvalue weighted by molar-refractivity contribution is 6.08. The molecule has 8 heteroatoms. The zero-order valence-electron chi connectivity index (χ0n) is 23.1. The van der Waals surface area contributed by atoms with Crippen molar-refractivity contribution in [3.8, 4) is 11.5 Å². The van der Waals surface area contributed by atoms with E-state index in [-0.39, 0.29) is 17.7 Å². The number of ether oxygens (including phenoxy) is 1. The van der Waals surface area contributed by atoms with Crippen molar-refractivity contribution in [1.29, 1.82) is 0 Å². The Balaban J connectivity index is 1.36. The molecule has 2 N–H and O–H groups in total. The van der Waals surface area contributed by atoms with E-state index < -0.39 is 11.6 Å². The fourth-order valence-corrected chi connectivity index (χ4v) is 6.73. The molecule has 2 saturated heterocycles. The van der Waals surface area contributed by atoms with Gasteiger partial charge in [0.1, 0.15) is 23.1 Å². The van der Waals surface area contributed by atoms with Crippen LogP contribution in [0.1, 0.15) is 62.9 Å². The zero-order chi connectivity index (χ0) is 27.3. The van der Waals surface area contributed by atoms with Gasteiger partial charge in [-0.3, -0.25) is 14.6 Å². The highest BCUT2D eigenvalue weighted by Gasteiger charge is 2.60. The number of fused-ring (bicyclic) bond motifs is 4. The van der Waals surface area contributed by atoms with E-state index in [1.54, 1.807) is 23.1 Å². The average Bonchev–Trinajstić information content (AvgIpc) is 3.36. The Morgan fingerprint density at radius 2 is 1.90 bits per heavy atom. The molecule has 2 unspecified atom stereocenters. The van der Waals surface area contributed by atoms with Crippen LogP contribution in [0.2, 0.25) is 0 Å². The molecule has 2 aromatic carbocycles. The number of hydrogen-bond acceptors (Lipinski definition) is 5. The van der Waals surface area contributed by atoms with Crippen LogP contribution in [0.25, 0.3) is 10.9 Å². The summed E-state index contributed by atoms with van der Waals surface area (Å²) in [4.78, 5) is 37.3. The number of carbonyl (C=O) groups excluding carboxylic acids is 2. The van der Waals surface area contributed by atoms with Crippen LogP contribution in [0.3, 0.4) is 0 Å². The Morgan fingerprint density at radius 3 is 2.64 bits per heavy atom. The van der Waals surface area contributed by atoms with E-state index >= 15 is 0 Å². The number of rotatable bonds is 7. The van der Waals surface area contributed by atoms with E-state index in [1.165, 1.54) is 17.7 Å². The molecule has 3 aromatic rings. The van der Waals surface area contributed by atoms with Crippen molar-refractivity contribution in [1.82, 2.24) is 19.7 Å². The van der Waals surface area contributed by atoms with Crippen molar-refractivity contribution in [3.05, 3.63) is 59.3 Å². The number of aromatic amines is 1. The fourth-order valence-electron chi connectivity index (χ4n) is 6.73. The molecule has 3 amide bonds. The fraction of sp³-hybridized carbons (Fsp3) is 0.484. The van der Waals surface area contributed by atoms with E-state index in [0.717, 1.165) is 65.4 Å². The summed E-state index contributed by atoms with van der Waals surface area (Å²) in [6, 6.07) is 12.2. The number of amides is 3. The smallest absolute Gasteiger partial charge is 0.328 e. The first-order valence-electron chi connectivity index (χ1n) is 14.2. The van der Waals surface area contributed by atoms with Gasteiger partial charge >= 0.3 is 6.03 Å². The zero-order valence-corrected chi connectivity index (χ0v) is 23.1. The van der Waals surface area contributed by atoms with Crippen LogP contribution in [0, 0.1) is 5.92 Å². The Hall–Kier alpha value is -3.52. The first-order valence-corrected chi connectivity index (χ1v) is 14.2. The van der Waals surface area contributed by atoms with E-state index in [4.69, 9.17) is 4.74 Å². The van der Waals surface area contributed by atoms with Gasteiger partial charge in [0.15, 0.2) is 0 Å². The lowest BCUT2D eigenvalue weighted by molar-refractivity contribution is -0.133. The second-order valence-electron chi connectivity index (χ2n) is 11.6. The van der Waals surface area contributed by atoms with Gasteiger partial charge in [-0.2, -0.15) is 0 Å². The molecule has 8 nitrogen and oxygen atoms in total. The van der Waals surface area contributed by atoms with Crippen molar-refractivity contribution in [2.24, 2.45) is 5.92 Å². The average molecular weight is 531 g/mol. The number of carbonyl (C=O) groups is 2. The number of phenolic OH excluding ortho intramolecular Hbond substituents is 1. The van der Waals surface area contributed by atoms with E-state index in [0.29, 0.717) is 19.6 Å². The largest absolute Gasteiger partial charge is 0.508 e. The normalized spacial score (nSPS) is 23.9. The quantitative estimate of drug-likeness (QED) is 0.417. The lowest BCUT2D eigenvalue weighted by Gasteiger charge is -2.42. The van der Waals surface area contributed by atoms with Crippen LogP contribution in [-0.4, -0.2) is 75.1 Å². The Labute approximate surface area is 229 Å². The lowest BCUT2D eigenvalue weighted by atomic mass is 9.81. The minimum absolute atomic E-state index is 0.127. The standard InChI is InChI=1S/C31H38N4O4/c1-4-39-23-9-10-26-24(18-23)25-19-31(3)29(37)34(14-6-13-33-15-11-20(2)12-16-33)30(38)35(31)28(27(25)32-26)21-7-5-8-22(36)17-21/h5,7-10,17-18,20,28,32,36H,4,6,11-16,19H2,1-3H3. The first-order chi connectivity index (χ1) is 18.8. The van der Waals surface area contributed by atoms with E-state index in [2.05, 4.69) is 16.8 Å². The lowest BCUT2D eigenvalue weighted by Crippen LogP contribution is -2.53. The first kappa shape index (κ1) is 25.7. The molecule has 3 aliphatic heterocycles. The molecule has 0 saturated carbocycles. The molecule has 0 aliphatic carbocycles. The number of nitrogens with one attached hydrogen (secondary N) is 1. The predicted molar refractivity (Wildman–Crippen MR) is 150 cm³/mol. The van der Waals surface area contributed by atoms with Gasteiger partial charge in [-0.25, -0.2) is 4.79 Å². The molecular formula is C31H38N4O4. The molecule has 0 bridgehead atoms. The van der Waals surface area contributed by atoms with Gasteiger partial charge in [0.25, 0.3) is 5.91 Å². The number of nitrogens with zero attached hydrogens (tertiary/aromatic N) is 3. The van der Waals surface area contributed by atoms with Crippen LogP contribution in [0.5, 0.6) is 11.5 Å². The highest BCUT2D eigenvalue weighted by atomic mass is 16.5. The van der Waals surface area contributed by atoms with Gasteiger partial charge < -0.3 is 19.7 Å². The van der Waals surface area contributed by atoms with Gasteiger partial charge in [0.05, 0.1) is 6.61 Å². The molecular weight excluding hydrogens is 492 g/mol. The monoisotopic (exact) mass is 530 g/mol. The van der Waals surface area contributed by atoms with Crippen molar-refractivity contribution >= 4 is 22.8 Å². The van der Waals surface area contributed by atoms with Crippen LogP contribution < -0.4 is 4.74 Å². The van der Waals surface area contributed by atoms with Gasteiger partial charge in [-0.15, -0.1) is 0 Å². The SMILES string of the molecule is CCOc1ccc2[nH]c3c(c2c1)CC1(C)C(=O)N(CCCN2CCC(C)CC2)C(=O)N1C3c1cccc(O)c1. The molecule has 206 valence electrons. The molecule has 0 spiro atoms. The number of phenols is 1. The summed E-state index contributed by atoms with van der Waals surface area (Å²) in [5, 5.41) is 11.3. The van der Waals surface area contributed by atoms with Crippen molar-refractivity contribution in [2.75, 3.05) is 32.8 Å². The van der Waals surface area contributed by atoms with E-state index in [1.807, 2.05) is 38.1 Å². The number of aromatic nitrogens is 1. The number of benzene rings is 2.